The molecule has 10 heteroatoms. The Kier molecular flexibility index (Phi) is 10.8. The van der Waals surface area contributed by atoms with E-state index in [-0.39, 0.29) is 43.4 Å². The van der Waals surface area contributed by atoms with Gasteiger partial charge in [-0.15, -0.1) is 0 Å². The highest BCUT2D eigenvalue weighted by atomic mass is 32.2. The highest BCUT2D eigenvalue weighted by molar-refractivity contribution is 7.92. The summed E-state index contributed by atoms with van der Waals surface area (Å²) in [6.45, 7) is 4.21. The zero-order valence-corrected chi connectivity index (χ0v) is 23.8. The van der Waals surface area contributed by atoms with Crippen molar-refractivity contribution in [1.29, 1.82) is 0 Å². The third-order valence-corrected chi connectivity index (χ3v) is 7.59. The first-order chi connectivity index (χ1) is 19.0. The van der Waals surface area contributed by atoms with Gasteiger partial charge in [-0.1, -0.05) is 60.2 Å². The maximum Gasteiger partial charge on any atom is 0.243 e. The van der Waals surface area contributed by atoms with Crippen LogP contribution < -0.4 is 9.62 Å². The number of rotatable bonds is 13. The number of nitrogens with zero attached hydrogens (tertiary/aromatic N) is 2. The van der Waals surface area contributed by atoms with Crippen molar-refractivity contribution in [2.75, 3.05) is 23.7 Å². The second kappa shape index (κ2) is 14.0. The Morgan fingerprint density at radius 2 is 1.62 bits per heavy atom. The molecule has 1 N–H and O–H groups in total. The van der Waals surface area contributed by atoms with Gasteiger partial charge in [0.05, 0.1) is 11.9 Å². The Labute approximate surface area is 234 Å². The molecule has 0 bridgehead atoms. The lowest BCUT2D eigenvalue weighted by atomic mass is 10.0. The number of likely N-dealkylation sites (N-methyl/N-ethyl adjacent to an activating group) is 1. The van der Waals surface area contributed by atoms with E-state index in [1.807, 2.05) is 68.4 Å². The molecule has 0 heterocycles. The van der Waals surface area contributed by atoms with Crippen LogP contribution in [-0.4, -0.2) is 50.5 Å². The number of anilines is 1. The van der Waals surface area contributed by atoms with Crippen LogP contribution >= 0.6 is 0 Å². The Morgan fingerprint density at radius 3 is 2.25 bits per heavy atom. The fourth-order valence-electron chi connectivity index (χ4n) is 4.50. The monoisotopic (exact) mass is 571 g/mol. The molecule has 0 saturated heterocycles. The number of aryl methyl sites for hydroxylation is 1. The number of hydrogen-bond donors (Lipinski definition) is 1. The lowest BCUT2D eigenvalue weighted by Gasteiger charge is -2.32. The molecule has 3 aromatic carbocycles. The third-order valence-electron chi connectivity index (χ3n) is 6.40. The molecule has 214 valence electrons. The number of sulfonamides is 1. The lowest BCUT2D eigenvalue weighted by Crippen LogP contribution is -2.50. The lowest BCUT2D eigenvalue weighted by molar-refractivity contribution is -0.141. The molecule has 1 atom stereocenters. The van der Waals surface area contributed by atoms with Gasteiger partial charge in [0.15, 0.2) is 11.6 Å². The second-order valence-electron chi connectivity index (χ2n) is 9.65. The molecule has 0 aliphatic carbocycles. The van der Waals surface area contributed by atoms with Crippen LogP contribution in [0.2, 0.25) is 0 Å². The number of amides is 2. The van der Waals surface area contributed by atoms with Crippen LogP contribution in [0.3, 0.4) is 0 Å². The first kappa shape index (κ1) is 30.7. The summed E-state index contributed by atoms with van der Waals surface area (Å²) < 4.78 is 53.1. The molecule has 2 amide bonds. The summed E-state index contributed by atoms with van der Waals surface area (Å²) in [6.07, 6.45) is 1.30. The minimum atomic E-state index is -3.84. The van der Waals surface area contributed by atoms with E-state index < -0.39 is 27.7 Å². The van der Waals surface area contributed by atoms with Crippen molar-refractivity contribution >= 4 is 27.5 Å². The number of hydrogen-bond acceptors (Lipinski definition) is 4. The first-order valence-corrected chi connectivity index (χ1v) is 14.9. The predicted molar refractivity (Wildman–Crippen MR) is 152 cm³/mol. The first-order valence-electron chi connectivity index (χ1n) is 13.1. The second-order valence-corrected chi connectivity index (χ2v) is 11.6. The molecule has 0 fully saturated rings. The van der Waals surface area contributed by atoms with Crippen LogP contribution in [0.25, 0.3) is 0 Å². The fourth-order valence-corrected chi connectivity index (χ4v) is 5.45. The quantitative estimate of drug-likeness (QED) is 0.325. The number of carbonyl (C=O) groups is 2. The van der Waals surface area contributed by atoms with Gasteiger partial charge < -0.3 is 10.2 Å². The van der Waals surface area contributed by atoms with E-state index in [9.17, 15) is 26.8 Å². The summed E-state index contributed by atoms with van der Waals surface area (Å²) >= 11 is 0. The van der Waals surface area contributed by atoms with E-state index in [1.54, 1.807) is 0 Å². The minimum absolute atomic E-state index is 0.0326. The van der Waals surface area contributed by atoms with Gasteiger partial charge in [0.2, 0.25) is 21.8 Å². The molecule has 0 aromatic heterocycles. The molecule has 0 saturated carbocycles. The van der Waals surface area contributed by atoms with Crippen molar-refractivity contribution in [1.82, 2.24) is 10.2 Å². The molecule has 3 aromatic rings. The van der Waals surface area contributed by atoms with Gasteiger partial charge in [-0.25, -0.2) is 17.2 Å². The Bertz CT molecular complexity index is 1420. The van der Waals surface area contributed by atoms with Crippen LogP contribution in [0, 0.1) is 18.6 Å². The van der Waals surface area contributed by atoms with Crippen LogP contribution in [0.4, 0.5) is 14.5 Å². The van der Waals surface area contributed by atoms with Gasteiger partial charge in [0, 0.05) is 38.5 Å². The van der Waals surface area contributed by atoms with Crippen molar-refractivity contribution in [3.05, 3.63) is 101 Å². The molecule has 0 aliphatic heterocycles. The maximum atomic E-state index is 13.8. The van der Waals surface area contributed by atoms with Crippen LogP contribution in [0.1, 0.15) is 36.5 Å². The van der Waals surface area contributed by atoms with Crippen molar-refractivity contribution in [2.24, 2.45) is 0 Å². The molecule has 0 spiro atoms. The SMILES string of the molecule is CCNC(=O)[C@H](Cc1ccccc1)N(Cc1cccc(C)c1)C(=O)CCCN(c1ccc(F)c(F)c1)S(C)(=O)=O. The van der Waals surface area contributed by atoms with E-state index in [1.165, 1.54) is 11.0 Å². The summed E-state index contributed by atoms with van der Waals surface area (Å²) in [7, 11) is -3.84. The van der Waals surface area contributed by atoms with Crippen molar-refractivity contribution in [2.45, 2.75) is 45.7 Å². The molecular weight excluding hydrogens is 536 g/mol. The van der Waals surface area contributed by atoms with E-state index in [0.29, 0.717) is 13.0 Å². The van der Waals surface area contributed by atoms with Gasteiger partial charge in [-0.2, -0.15) is 0 Å². The van der Waals surface area contributed by atoms with Crippen LogP contribution in [0.5, 0.6) is 0 Å². The van der Waals surface area contributed by atoms with Gasteiger partial charge in [0.25, 0.3) is 0 Å². The summed E-state index contributed by atoms with van der Waals surface area (Å²) in [6, 6.07) is 19.1. The van der Waals surface area contributed by atoms with Crippen molar-refractivity contribution < 1.29 is 26.8 Å². The molecule has 40 heavy (non-hydrogen) atoms. The molecule has 0 aliphatic rings. The van der Waals surface area contributed by atoms with Gasteiger partial charge in [0.1, 0.15) is 6.04 Å². The molecular formula is C30H35F2N3O4S. The molecule has 0 unspecified atom stereocenters. The largest absolute Gasteiger partial charge is 0.355 e. The average Bonchev–Trinajstić information content (AvgIpc) is 2.90. The third kappa shape index (κ3) is 8.61. The average molecular weight is 572 g/mol. The van der Waals surface area contributed by atoms with E-state index in [0.717, 1.165) is 39.4 Å². The van der Waals surface area contributed by atoms with E-state index >= 15 is 0 Å². The fraction of sp³-hybridized carbons (Fsp3) is 0.333. The Morgan fingerprint density at radius 1 is 0.925 bits per heavy atom. The van der Waals surface area contributed by atoms with E-state index in [4.69, 9.17) is 0 Å². The number of carbonyl (C=O) groups excluding carboxylic acids is 2. The summed E-state index contributed by atoms with van der Waals surface area (Å²) in [4.78, 5) is 28.5. The standard InChI is InChI=1S/C30H35F2N3O4S/c1-4-33-30(37)28(19-23-11-6-5-7-12-23)34(21-24-13-8-10-22(2)18-24)29(36)14-9-17-35(40(3,38)39)25-15-16-26(31)27(32)20-25/h5-8,10-13,15-16,18,20,28H,4,9,14,17,19,21H2,1-3H3,(H,33,37)/t28-/m0/s1. The Hall–Kier alpha value is -3.79. The minimum Gasteiger partial charge on any atom is -0.355 e. The maximum absolute atomic E-state index is 13.8. The van der Waals surface area contributed by atoms with Crippen molar-refractivity contribution in [3.63, 3.8) is 0 Å². The highest BCUT2D eigenvalue weighted by Crippen LogP contribution is 2.22. The summed E-state index contributed by atoms with van der Waals surface area (Å²) in [5.41, 5.74) is 2.73. The Balaban J connectivity index is 1.87. The van der Waals surface area contributed by atoms with Crippen LogP contribution in [-0.2, 0) is 32.6 Å². The summed E-state index contributed by atoms with van der Waals surface area (Å²) in [5.74, 6) is -2.87. The number of benzene rings is 3. The highest BCUT2D eigenvalue weighted by Gasteiger charge is 2.30. The zero-order chi connectivity index (χ0) is 29.3. The normalized spacial score (nSPS) is 12.0. The predicted octanol–water partition coefficient (Wildman–Crippen LogP) is 4.60. The topological polar surface area (TPSA) is 86.8 Å². The van der Waals surface area contributed by atoms with Gasteiger partial charge in [-0.05, 0) is 43.5 Å². The molecule has 7 nitrogen and oxygen atoms in total. The van der Waals surface area contributed by atoms with Crippen molar-refractivity contribution in [3.8, 4) is 0 Å². The van der Waals surface area contributed by atoms with Crippen LogP contribution in [0.15, 0.2) is 72.8 Å². The van der Waals surface area contributed by atoms with Gasteiger partial charge >= 0.3 is 0 Å². The smallest absolute Gasteiger partial charge is 0.243 e. The zero-order valence-electron chi connectivity index (χ0n) is 22.9. The van der Waals surface area contributed by atoms with E-state index in [2.05, 4.69) is 5.32 Å². The molecule has 0 radical (unpaired) electrons. The number of halogens is 2. The number of nitrogens with one attached hydrogen (secondary N) is 1. The van der Waals surface area contributed by atoms with Gasteiger partial charge in [-0.3, -0.25) is 13.9 Å². The molecule has 3 rings (SSSR count). The summed E-state index contributed by atoms with van der Waals surface area (Å²) in [5, 5.41) is 2.84.